The second kappa shape index (κ2) is 8.82. The molecule has 1 aromatic rings. The molecule has 0 radical (unpaired) electrons. The largest absolute Gasteiger partial charge is 0.504 e. The summed E-state index contributed by atoms with van der Waals surface area (Å²) in [4.78, 5) is 0. The fourth-order valence-electron chi connectivity index (χ4n) is 2.87. The van der Waals surface area contributed by atoms with Crippen LogP contribution in [-0.4, -0.2) is 33.6 Å². The quantitative estimate of drug-likeness (QED) is 0.640. The van der Waals surface area contributed by atoms with Gasteiger partial charge in [0.1, 0.15) is 0 Å². The maximum absolute atomic E-state index is 8.93. The van der Waals surface area contributed by atoms with Crippen LogP contribution in [0.1, 0.15) is 44.9 Å². The molecular weight excluding hydrogens is 256 g/mol. The summed E-state index contributed by atoms with van der Waals surface area (Å²) < 4.78 is 0. The molecule has 4 nitrogen and oxygen atoms in total. The average Bonchev–Trinajstić information content (AvgIpc) is 2.44. The third-order valence-corrected chi connectivity index (χ3v) is 4.08. The van der Waals surface area contributed by atoms with Crippen LogP contribution in [0.2, 0.25) is 0 Å². The molecule has 20 heavy (non-hydrogen) atoms. The lowest BCUT2D eigenvalue weighted by molar-refractivity contribution is 0.0925. The van der Waals surface area contributed by atoms with Crippen molar-refractivity contribution < 1.29 is 20.4 Å². The van der Waals surface area contributed by atoms with Crippen molar-refractivity contribution in [3.05, 3.63) is 24.3 Å². The van der Waals surface area contributed by atoms with E-state index in [9.17, 15) is 0 Å². The van der Waals surface area contributed by atoms with E-state index < -0.39 is 0 Å². The monoisotopic (exact) mass is 282 g/mol. The fourth-order valence-corrected chi connectivity index (χ4v) is 2.87. The van der Waals surface area contributed by atoms with E-state index in [2.05, 4.69) is 0 Å². The summed E-state index contributed by atoms with van der Waals surface area (Å²) in [6, 6.07) is 6.15. The second-order valence-electron chi connectivity index (χ2n) is 5.50. The van der Waals surface area contributed by atoms with Gasteiger partial charge in [0.05, 0.1) is 0 Å². The van der Waals surface area contributed by atoms with Crippen LogP contribution in [0.3, 0.4) is 0 Å². The van der Waals surface area contributed by atoms with Crippen molar-refractivity contribution in [1.82, 2.24) is 0 Å². The van der Waals surface area contributed by atoms with Gasteiger partial charge in [-0.1, -0.05) is 31.4 Å². The summed E-state index contributed by atoms with van der Waals surface area (Å²) in [7, 11) is 0. The summed E-state index contributed by atoms with van der Waals surface area (Å²) in [6.45, 7) is 0.556. The van der Waals surface area contributed by atoms with Gasteiger partial charge < -0.3 is 20.4 Å². The van der Waals surface area contributed by atoms with Crippen LogP contribution < -0.4 is 0 Å². The van der Waals surface area contributed by atoms with Crippen LogP contribution >= 0.6 is 0 Å². The Labute approximate surface area is 120 Å². The van der Waals surface area contributed by atoms with Gasteiger partial charge >= 0.3 is 0 Å². The molecule has 0 heterocycles. The molecule has 0 aromatic heterocycles. The van der Waals surface area contributed by atoms with Gasteiger partial charge in [-0.05, 0) is 43.2 Å². The van der Waals surface area contributed by atoms with Crippen molar-refractivity contribution in [1.29, 1.82) is 0 Å². The van der Waals surface area contributed by atoms with E-state index in [-0.39, 0.29) is 30.1 Å². The van der Waals surface area contributed by atoms with E-state index in [1.54, 1.807) is 12.1 Å². The molecule has 1 aliphatic rings. The SMILES string of the molecule is OCCC1(CCO)CCCCC1.Oc1ccccc1O. The van der Waals surface area contributed by atoms with Crippen LogP contribution in [0.15, 0.2) is 24.3 Å². The van der Waals surface area contributed by atoms with E-state index in [0.29, 0.717) is 0 Å². The molecule has 1 aromatic carbocycles. The first-order chi connectivity index (χ1) is 9.63. The normalized spacial score (nSPS) is 17.1. The smallest absolute Gasteiger partial charge is 0.157 e. The molecule has 2 rings (SSSR count). The second-order valence-corrected chi connectivity index (χ2v) is 5.50. The van der Waals surface area contributed by atoms with Gasteiger partial charge in [0.15, 0.2) is 11.5 Å². The summed E-state index contributed by atoms with van der Waals surface area (Å²) in [5.74, 6) is -0.153. The summed E-state index contributed by atoms with van der Waals surface area (Å²) >= 11 is 0. The molecular formula is C16H26O4. The zero-order chi connectivity index (χ0) is 14.8. The lowest BCUT2D eigenvalue weighted by atomic mass is 9.70. The van der Waals surface area contributed by atoms with Gasteiger partial charge in [-0.2, -0.15) is 0 Å². The molecule has 0 bridgehead atoms. The van der Waals surface area contributed by atoms with Crippen LogP contribution in [0, 0.1) is 5.41 Å². The average molecular weight is 282 g/mol. The Morgan fingerprint density at radius 1 is 0.800 bits per heavy atom. The number of aromatic hydroxyl groups is 2. The maximum atomic E-state index is 8.93. The van der Waals surface area contributed by atoms with Crippen molar-refractivity contribution >= 4 is 0 Å². The Morgan fingerprint density at radius 2 is 1.25 bits per heavy atom. The minimum absolute atomic E-state index is 0.0764. The van der Waals surface area contributed by atoms with Crippen molar-refractivity contribution in [2.24, 2.45) is 5.41 Å². The van der Waals surface area contributed by atoms with E-state index in [1.165, 1.54) is 44.2 Å². The predicted molar refractivity (Wildman–Crippen MR) is 78.7 cm³/mol. The number of phenols is 2. The minimum atomic E-state index is -0.0764. The Kier molecular flexibility index (Phi) is 7.41. The van der Waals surface area contributed by atoms with Gasteiger partial charge in [-0.3, -0.25) is 0 Å². The topological polar surface area (TPSA) is 80.9 Å². The van der Waals surface area contributed by atoms with Gasteiger partial charge in [0.2, 0.25) is 0 Å². The Balaban J connectivity index is 0.000000217. The lowest BCUT2D eigenvalue weighted by Crippen LogP contribution is -2.26. The van der Waals surface area contributed by atoms with E-state index in [0.717, 1.165) is 12.8 Å². The molecule has 1 saturated carbocycles. The molecule has 0 aliphatic heterocycles. The lowest BCUT2D eigenvalue weighted by Gasteiger charge is -2.36. The Morgan fingerprint density at radius 3 is 1.60 bits per heavy atom. The van der Waals surface area contributed by atoms with Crippen molar-refractivity contribution in [3.63, 3.8) is 0 Å². The van der Waals surface area contributed by atoms with Crippen LogP contribution in [0.4, 0.5) is 0 Å². The molecule has 0 amide bonds. The highest BCUT2D eigenvalue weighted by molar-refractivity contribution is 5.36. The molecule has 0 spiro atoms. The minimum Gasteiger partial charge on any atom is -0.504 e. The number of aliphatic hydroxyl groups is 2. The Hall–Kier alpha value is -1.26. The first kappa shape index (κ1) is 16.8. The molecule has 1 aliphatic carbocycles. The highest BCUT2D eigenvalue weighted by atomic mass is 16.3. The molecule has 0 unspecified atom stereocenters. The van der Waals surface area contributed by atoms with E-state index >= 15 is 0 Å². The molecule has 114 valence electrons. The summed E-state index contributed by atoms with van der Waals surface area (Å²) in [5, 5.41) is 35.2. The number of rotatable bonds is 4. The molecule has 1 fully saturated rings. The maximum Gasteiger partial charge on any atom is 0.157 e. The number of para-hydroxylation sites is 2. The van der Waals surface area contributed by atoms with E-state index in [4.69, 9.17) is 20.4 Å². The molecule has 4 heteroatoms. The van der Waals surface area contributed by atoms with Gasteiger partial charge in [-0.15, -0.1) is 0 Å². The summed E-state index contributed by atoms with van der Waals surface area (Å²) in [5.41, 5.74) is 0.280. The molecule has 4 N–H and O–H groups in total. The molecule has 0 saturated heterocycles. The number of benzene rings is 1. The zero-order valence-electron chi connectivity index (χ0n) is 12.0. The van der Waals surface area contributed by atoms with Crippen LogP contribution in [0.5, 0.6) is 11.5 Å². The standard InChI is InChI=1S/C10H20O2.C6H6O2/c11-8-6-10(7-9-12)4-2-1-3-5-10;7-5-3-1-2-4-6(5)8/h11-12H,1-9H2;1-4,7-8H. The van der Waals surface area contributed by atoms with Gasteiger partial charge in [0, 0.05) is 13.2 Å². The summed E-state index contributed by atoms with van der Waals surface area (Å²) in [6.07, 6.45) is 8.06. The third kappa shape index (κ3) is 5.39. The first-order valence-corrected chi connectivity index (χ1v) is 7.32. The first-order valence-electron chi connectivity index (χ1n) is 7.32. The number of phenolic OH excluding ortho intramolecular Hbond substituents is 2. The van der Waals surface area contributed by atoms with Gasteiger partial charge in [0.25, 0.3) is 0 Å². The van der Waals surface area contributed by atoms with E-state index in [1.807, 2.05) is 0 Å². The van der Waals surface area contributed by atoms with Crippen LogP contribution in [0.25, 0.3) is 0 Å². The number of hydrogen-bond acceptors (Lipinski definition) is 4. The van der Waals surface area contributed by atoms with Crippen molar-refractivity contribution in [2.75, 3.05) is 13.2 Å². The van der Waals surface area contributed by atoms with Crippen LogP contribution in [-0.2, 0) is 0 Å². The molecule has 0 atom stereocenters. The fraction of sp³-hybridized carbons (Fsp3) is 0.625. The predicted octanol–water partition coefficient (Wildman–Crippen LogP) is 2.80. The zero-order valence-corrected chi connectivity index (χ0v) is 12.0. The highest BCUT2D eigenvalue weighted by Crippen LogP contribution is 2.41. The van der Waals surface area contributed by atoms with Crippen molar-refractivity contribution in [2.45, 2.75) is 44.9 Å². The highest BCUT2D eigenvalue weighted by Gasteiger charge is 2.30. The third-order valence-electron chi connectivity index (χ3n) is 4.08. The van der Waals surface area contributed by atoms with Crippen molar-refractivity contribution in [3.8, 4) is 11.5 Å². The Bertz CT molecular complexity index is 336. The number of hydrogen-bond donors (Lipinski definition) is 4. The number of aliphatic hydroxyl groups excluding tert-OH is 2. The van der Waals surface area contributed by atoms with Gasteiger partial charge in [-0.25, -0.2) is 0 Å².